The SMILES string of the molecule is Cc1ccc(COC(=O)c2ccccc2)c(C)c1C. The van der Waals surface area contributed by atoms with Gasteiger partial charge in [-0.2, -0.15) is 0 Å². The van der Waals surface area contributed by atoms with Crippen LogP contribution in [0.5, 0.6) is 0 Å². The lowest BCUT2D eigenvalue weighted by molar-refractivity contribution is 0.0472. The minimum Gasteiger partial charge on any atom is -0.457 e. The number of hydrogen-bond donors (Lipinski definition) is 0. The summed E-state index contributed by atoms with van der Waals surface area (Å²) in [4.78, 5) is 11.9. The molecule has 0 bridgehead atoms. The van der Waals surface area contributed by atoms with Crippen molar-refractivity contribution in [2.24, 2.45) is 0 Å². The average molecular weight is 254 g/mol. The number of carbonyl (C=O) groups excluding carboxylic acids is 1. The largest absolute Gasteiger partial charge is 0.457 e. The molecule has 2 nitrogen and oxygen atoms in total. The summed E-state index contributed by atoms with van der Waals surface area (Å²) in [5.41, 5.74) is 5.36. The minimum atomic E-state index is -0.279. The van der Waals surface area contributed by atoms with Crippen molar-refractivity contribution in [3.05, 3.63) is 70.3 Å². The van der Waals surface area contributed by atoms with E-state index in [-0.39, 0.29) is 5.97 Å². The highest BCUT2D eigenvalue weighted by Crippen LogP contribution is 2.18. The smallest absolute Gasteiger partial charge is 0.338 e. The number of rotatable bonds is 3. The van der Waals surface area contributed by atoms with Crippen LogP contribution in [0.2, 0.25) is 0 Å². The highest BCUT2D eigenvalue weighted by molar-refractivity contribution is 5.89. The second-order valence-corrected chi connectivity index (χ2v) is 4.73. The molecule has 0 aliphatic rings. The summed E-state index contributed by atoms with van der Waals surface area (Å²) in [7, 11) is 0. The second-order valence-electron chi connectivity index (χ2n) is 4.73. The van der Waals surface area contributed by atoms with Gasteiger partial charge in [0.15, 0.2) is 0 Å². The van der Waals surface area contributed by atoms with Crippen LogP contribution in [0, 0.1) is 20.8 Å². The van der Waals surface area contributed by atoms with E-state index in [1.807, 2.05) is 24.3 Å². The summed E-state index contributed by atoms with van der Waals surface area (Å²) in [6, 6.07) is 13.1. The fourth-order valence-corrected chi connectivity index (χ4v) is 1.97. The quantitative estimate of drug-likeness (QED) is 0.775. The molecule has 0 heterocycles. The van der Waals surface area contributed by atoms with Crippen molar-refractivity contribution in [1.82, 2.24) is 0 Å². The van der Waals surface area contributed by atoms with Gasteiger partial charge in [0, 0.05) is 0 Å². The maximum Gasteiger partial charge on any atom is 0.338 e. The molecule has 0 aromatic heterocycles. The van der Waals surface area contributed by atoms with Crippen LogP contribution in [0.3, 0.4) is 0 Å². The van der Waals surface area contributed by atoms with Crippen molar-refractivity contribution in [2.75, 3.05) is 0 Å². The molecule has 0 saturated carbocycles. The molecule has 2 rings (SSSR count). The van der Waals surface area contributed by atoms with Crippen molar-refractivity contribution in [1.29, 1.82) is 0 Å². The van der Waals surface area contributed by atoms with Gasteiger partial charge >= 0.3 is 5.97 Å². The summed E-state index contributed by atoms with van der Waals surface area (Å²) < 4.78 is 5.35. The Morgan fingerprint density at radius 1 is 0.947 bits per heavy atom. The van der Waals surface area contributed by atoms with Crippen molar-refractivity contribution < 1.29 is 9.53 Å². The van der Waals surface area contributed by atoms with Gasteiger partial charge in [0.2, 0.25) is 0 Å². The van der Waals surface area contributed by atoms with E-state index in [0.717, 1.165) is 5.56 Å². The van der Waals surface area contributed by atoms with Gasteiger partial charge in [-0.05, 0) is 55.2 Å². The molecular formula is C17H18O2. The average Bonchev–Trinajstić information content (AvgIpc) is 2.45. The summed E-state index contributed by atoms with van der Waals surface area (Å²) in [6.07, 6.45) is 0. The fourth-order valence-electron chi connectivity index (χ4n) is 1.97. The molecule has 98 valence electrons. The summed E-state index contributed by atoms with van der Waals surface area (Å²) >= 11 is 0. The van der Waals surface area contributed by atoms with Crippen molar-refractivity contribution in [3.63, 3.8) is 0 Å². The first-order valence-electron chi connectivity index (χ1n) is 6.37. The zero-order chi connectivity index (χ0) is 13.8. The van der Waals surface area contributed by atoms with E-state index < -0.39 is 0 Å². The van der Waals surface area contributed by atoms with Gasteiger partial charge in [0.05, 0.1) is 5.56 Å². The Morgan fingerprint density at radius 3 is 2.32 bits per heavy atom. The van der Waals surface area contributed by atoms with E-state index >= 15 is 0 Å². The molecule has 0 N–H and O–H groups in total. The first kappa shape index (κ1) is 13.3. The fraction of sp³-hybridized carbons (Fsp3) is 0.235. The first-order valence-corrected chi connectivity index (χ1v) is 6.37. The zero-order valence-corrected chi connectivity index (χ0v) is 11.6. The lowest BCUT2D eigenvalue weighted by Gasteiger charge is -2.11. The Bertz CT molecular complexity index is 586. The highest BCUT2D eigenvalue weighted by Gasteiger charge is 2.09. The molecular weight excluding hydrogens is 236 g/mol. The van der Waals surface area contributed by atoms with Gasteiger partial charge < -0.3 is 4.74 Å². The Hall–Kier alpha value is -2.09. The van der Waals surface area contributed by atoms with Gasteiger partial charge in [0.1, 0.15) is 6.61 Å². The second kappa shape index (κ2) is 5.70. The summed E-state index contributed by atoms with van der Waals surface area (Å²) in [5.74, 6) is -0.279. The molecule has 0 spiro atoms. The van der Waals surface area contributed by atoms with Gasteiger partial charge in [0.25, 0.3) is 0 Å². The highest BCUT2D eigenvalue weighted by atomic mass is 16.5. The number of carbonyl (C=O) groups is 1. The van der Waals surface area contributed by atoms with E-state index in [4.69, 9.17) is 4.74 Å². The van der Waals surface area contributed by atoms with E-state index in [0.29, 0.717) is 12.2 Å². The Balaban J connectivity index is 2.08. The van der Waals surface area contributed by atoms with Gasteiger partial charge in [-0.3, -0.25) is 0 Å². The molecule has 19 heavy (non-hydrogen) atoms. The molecule has 0 amide bonds. The minimum absolute atomic E-state index is 0.279. The molecule has 2 aromatic rings. The third-order valence-corrected chi connectivity index (χ3v) is 3.54. The number of ether oxygens (including phenoxy) is 1. The normalized spacial score (nSPS) is 10.3. The maximum absolute atomic E-state index is 11.9. The van der Waals surface area contributed by atoms with Crippen LogP contribution in [-0.4, -0.2) is 5.97 Å². The summed E-state index contributed by atoms with van der Waals surface area (Å²) in [5, 5.41) is 0. The van der Waals surface area contributed by atoms with Crippen LogP contribution in [-0.2, 0) is 11.3 Å². The van der Waals surface area contributed by atoms with Crippen LogP contribution >= 0.6 is 0 Å². The standard InChI is InChI=1S/C17H18O2/c1-12-9-10-16(14(3)13(12)2)11-19-17(18)15-7-5-4-6-8-15/h4-10H,11H2,1-3H3. The third-order valence-electron chi connectivity index (χ3n) is 3.54. The predicted octanol–water partition coefficient (Wildman–Crippen LogP) is 3.97. The molecule has 2 aromatic carbocycles. The lowest BCUT2D eigenvalue weighted by atomic mass is 9.99. The van der Waals surface area contributed by atoms with Crippen molar-refractivity contribution in [3.8, 4) is 0 Å². The summed E-state index contributed by atoms with van der Waals surface area (Å²) in [6.45, 7) is 6.56. The van der Waals surface area contributed by atoms with Crippen molar-refractivity contribution in [2.45, 2.75) is 27.4 Å². The van der Waals surface area contributed by atoms with Crippen LogP contribution in [0.4, 0.5) is 0 Å². The number of esters is 1. The lowest BCUT2D eigenvalue weighted by Crippen LogP contribution is -2.06. The van der Waals surface area contributed by atoms with Crippen LogP contribution in [0.1, 0.15) is 32.6 Å². The van der Waals surface area contributed by atoms with E-state index in [9.17, 15) is 4.79 Å². The molecule has 0 fully saturated rings. The molecule has 0 aliphatic heterocycles. The molecule has 0 saturated heterocycles. The molecule has 0 aliphatic carbocycles. The molecule has 0 unspecified atom stereocenters. The topological polar surface area (TPSA) is 26.3 Å². The van der Waals surface area contributed by atoms with Gasteiger partial charge in [-0.1, -0.05) is 30.3 Å². The monoisotopic (exact) mass is 254 g/mol. The zero-order valence-electron chi connectivity index (χ0n) is 11.6. The number of aryl methyl sites for hydroxylation is 1. The predicted molar refractivity (Wildman–Crippen MR) is 76.2 cm³/mol. The Kier molecular flexibility index (Phi) is 4.00. The maximum atomic E-state index is 11.9. The van der Waals surface area contributed by atoms with Crippen LogP contribution in [0.15, 0.2) is 42.5 Å². The number of benzene rings is 2. The van der Waals surface area contributed by atoms with Crippen LogP contribution in [0.25, 0.3) is 0 Å². The van der Waals surface area contributed by atoms with Gasteiger partial charge in [-0.15, -0.1) is 0 Å². The molecule has 2 heteroatoms. The van der Waals surface area contributed by atoms with Crippen molar-refractivity contribution >= 4 is 5.97 Å². The Morgan fingerprint density at radius 2 is 1.63 bits per heavy atom. The first-order chi connectivity index (χ1) is 9.09. The van der Waals surface area contributed by atoms with E-state index in [2.05, 4.69) is 26.8 Å². The number of hydrogen-bond acceptors (Lipinski definition) is 2. The molecule has 0 radical (unpaired) electrons. The van der Waals surface area contributed by atoms with E-state index in [1.54, 1.807) is 12.1 Å². The third kappa shape index (κ3) is 3.02. The Labute approximate surface area is 114 Å². The molecule has 0 atom stereocenters. The van der Waals surface area contributed by atoms with Gasteiger partial charge in [-0.25, -0.2) is 4.79 Å². The van der Waals surface area contributed by atoms with Crippen LogP contribution < -0.4 is 0 Å². The van der Waals surface area contributed by atoms with E-state index in [1.165, 1.54) is 16.7 Å².